The highest BCUT2D eigenvalue weighted by Crippen LogP contribution is 2.16. The van der Waals surface area contributed by atoms with Crippen LogP contribution < -0.4 is 5.73 Å². The Morgan fingerprint density at radius 2 is 1.96 bits per heavy atom. The maximum Gasteiger partial charge on any atom is 0.151 e. The Balaban J connectivity index is 1.54. The molecule has 126 valence electrons. The van der Waals surface area contributed by atoms with Crippen molar-refractivity contribution in [2.24, 2.45) is 0 Å². The number of aromatic nitrogens is 6. The first-order valence-electron chi connectivity index (χ1n) is 7.55. The minimum Gasteiger partial charge on any atom is -0.382 e. The quantitative estimate of drug-likeness (QED) is 0.613. The number of nitrogens with zero attached hydrogens (tertiary/aromatic N) is 6. The molecule has 0 atom stereocenters. The van der Waals surface area contributed by atoms with Gasteiger partial charge in [-0.3, -0.25) is 0 Å². The Kier molecular flexibility index (Phi) is 3.60. The van der Waals surface area contributed by atoms with Gasteiger partial charge in [0.2, 0.25) is 0 Å². The van der Waals surface area contributed by atoms with Crippen LogP contribution in [0.4, 0.5) is 14.6 Å². The van der Waals surface area contributed by atoms with E-state index in [0.29, 0.717) is 24.4 Å². The third-order valence-electron chi connectivity index (χ3n) is 3.89. The van der Waals surface area contributed by atoms with Crippen LogP contribution in [0.15, 0.2) is 42.9 Å². The van der Waals surface area contributed by atoms with Crippen molar-refractivity contribution in [3.05, 3.63) is 65.9 Å². The van der Waals surface area contributed by atoms with E-state index in [9.17, 15) is 8.78 Å². The average Bonchev–Trinajstić information content (AvgIpc) is 3.20. The first-order valence-corrected chi connectivity index (χ1v) is 7.55. The van der Waals surface area contributed by atoms with E-state index in [0.717, 1.165) is 17.3 Å². The van der Waals surface area contributed by atoms with Crippen LogP contribution in [0.5, 0.6) is 0 Å². The zero-order chi connectivity index (χ0) is 17.4. The lowest BCUT2D eigenvalue weighted by Gasteiger charge is -2.02. The molecule has 0 amide bonds. The van der Waals surface area contributed by atoms with Crippen LogP contribution >= 0.6 is 0 Å². The minimum absolute atomic E-state index is 0.147. The van der Waals surface area contributed by atoms with Crippen LogP contribution in [0.3, 0.4) is 0 Å². The topological polar surface area (TPSA) is 86.9 Å². The van der Waals surface area contributed by atoms with Crippen LogP contribution in [0.25, 0.3) is 11.2 Å². The highest BCUT2D eigenvalue weighted by molar-refractivity contribution is 5.65. The maximum absolute atomic E-state index is 13.8. The van der Waals surface area contributed by atoms with Gasteiger partial charge >= 0.3 is 0 Å². The summed E-state index contributed by atoms with van der Waals surface area (Å²) in [6.45, 7) is 0. The first-order chi connectivity index (χ1) is 12.1. The van der Waals surface area contributed by atoms with Crippen molar-refractivity contribution in [1.29, 1.82) is 0 Å². The second kappa shape index (κ2) is 5.93. The van der Waals surface area contributed by atoms with Gasteiger partial charge in [0.1, 0.15) is 23.3 Å². The number of benzene rings is 1. The van der Waals surface area contributed by atoms with Crippen molar-refractivity contribution in [3.63, 3.8) is 0 Å². The Labute approximate surface area is 140 Å². The molecule has 0 saturated heterocycles. The predicted octanol–water partition coefficient (Wildman–Crippen LogP) is 1.96. The normalized spacial score (nSPS) is 11.3. The lowest BCUT2D eigenvalue weighted by Crippen LogP contribution is -2.03. The Hall–Kier alpha value is -3.36. The van der Waals surface area contributed by atoms with Gasteiger partial charge in [-0.05, 0) is 37.1 Å². The highest BCUT2D eigenvalue weighted by Gasteiger charge is 2.11. The number of rotatable bonds is 4. The molecule has 0 aliphatic carbocycles. The molecule has 0 radical (unpaired) electrons. The summed E-state index contributed by atoms with van der Waals surface area (Å²) >= 11 is 0. The average molecular weight is 341 g/mol. The number of aryl methyl sites for hydroxylation is 2. The van der Waals surface area contributed by atoms with E-state index in [-0.39, 0.29) is 5.69 Å². The second-order valence-corrected chi connectivity index (χ2v) is 5.52. The number of hydrogen-bond donors (Lipinski definition) is 1. The van der Waals surface area contributed by atoms with Crippen molar-refractivity contribution in [2.45, 2.75) is 12.8 Å². The molecular formula is C16H13F2N7. The smallest absolute Gasteiger partial charge is 0.151 e. The summed E-state index contributed by atoms with van der Waals surface area (Å²) in [4.78, 5) is 3.95. The van der Waals surface area contributed by atoms with E-state index in [1.165, 1.54) is 23.1 Å². The van der Waals surface area contributed by atoms with Gasteiger partial charge in [-0.25, -0.2) is 23.0 Å². The third kappa shape index (κ3) is 2.80. The monoisotopic (exact) mass is 341 g/mol. The van der Waals surface area contributed by atoms with E-state index in [4.69, 9.17) is 5.73 Å². The summed E-state index contributed by atoms with van der Waals surface area (Å²) in [6.07, 6.45) is 4.25. The van der Waals surface area contributed by atoms with Gasteiger partial charge in [-0.1, -0.05) is 5.21 Å². The molecule has 25 heavy (non-hydrogen) atoms. The van der Waals surface area contributed by atoms with Crippen LogP contribution in [-0.2, 0) is 12.8 Å². The molecule has 0 unspecified atom stereocenters. The summed E-state index contributed by atoms with van der Waals surface area (Å²) in [6, 6.07) is 7.09. The fraction of sp³-hybridized carbons (Fsp3) is 0.125. The molecule has 0 aliphatic rings. The molecule has 0 bridgehead atoms. The Morgan fingerprint density at radius 1 is 1.08 bits per heavy atom. The molecule has 0 spiro atoms. The van der Waals surface area contributed by atoms with Crippen molar-refractivity contribution >= 4 is 11.3 Å². The fourth-order valence-electron chi connectivity index (χ4n) is 2.65. The minimum atomic E-state index is -0.693. The molecule has 7 nitrogen and oxygen atoms in total. The van der Waals surface area contributed by atoms with E-state index < -0.39 is 11.6 Å². The van der Waals surface area contributed by atoms with Crippen molar-refractivity contribution in [2.75, 3.05) is 5.73 Å². The Bertz CT molecular complexity index is 1050. The third-order valence-corrected chi connectivity index (χ3v) is 3.89. The van der Waals surface area contributed by atoms with E-state index in [2.05, 4.69) is 20.4 Å². The van der Waals surface area contributed by atoms with E-state index >= 15 is 0 Å². The van der Waals surface area contributed by atoms with E-state index in [1.807, 2.05) is 12.1 Å². The standard InChI is InChI=1S/C16H13F2N7/c17-10-1-5-14(13(18)7-10)24-8-11(22-23-24)2-3-12-4-6-15-16(19)20-9-21-25(12)15/h1,4-9H,2-3H2,(H2,19,20,21). The Morgan fingerprint density at radius 3 is 2.80 bits per heavy atom. The second-order valence-electron chi connectivity index (χ2n) is 5.52. The first kappa shape index (κ1) is 15.2. The van der Waals surface area contributed by atoms with Crippen molar-refractivity contribution < 1.29 is 8.78 Å². The van der Waals surface area contributed by atoms with Gasteiger partial charge < -0.3 is 5.73 Å². The molecule has 3 heterocycles. The maximum atomic E-state index is 13.8. The van der Waals surface area contributed by atoms with Crippen molar-refractivity contribution in [1.82, 2.24) is 29.6 Å². The van der Waals surface area contributed by atoms with Gasteiger partial charge in [-0.15, -0.1) is 5.10 Å². The summed E-state index contributed by atoms with van der Waals surface area (Å²) in [5.74, 6) is -0.914. The molecular weight excluding hydrogens is 328 g/mol. The van der Waals surface area contributed by atoms with Crippen LogP contribution in [0, 0.1) is 11.6 Å². The van der Waals surface area contributed by atoms with E-state index in [1.54, 1.807) is 10.7 Å². The largest absolute Gasteiger partial charge is 0.382 e. The number of nitrogen functional groups attached to an aromatic ring is 1. The summed E-state index contributed by atoms with van der Waals surface area (Å²) in [7, 11) is 0. The SMILES string of the molecule is Nc1ncnn2c(CCc3cn(-c4ccc(F)cc4F)nn3)ccc12. The number of anilines is 1. The molecule has 0 saturated carbocycles. The van der Waals surface area contributed by atoms with Crippen LogP contribution in [0.2, 0.25) is 0 Å². The number of nitrogens with two attached hydrogens (primary N) is 1. The molecule has 0 aliphatic heterocycles. The lowest BCUT2D eigenvalue weighted by molar-refractivity contribution is 0.572. The fourth-order valence-corrected chi connectivity index (χ4v) is 2.65. The molecule has 4 aromatic rings. The molecule has 9 heteroatoms. The molecule has 4 rings (SSSR count). The van der Waals surface area contributed by atoms with Crippen molar-refractivity contribution in [3.8, 4) is 5.69 Å². The molecule has 0 fully saturated rings. The van der Waals surface area contributed by atoms with Gasteiger partial charge in [0, 0.05) is 11.8 Å². The predicted molar refractivity (Wildman–Crippen MR) is 86.1 cm³/mol. The zero-order valence-electron chi connectivity index (χ0n) is 13.0. The molecule has 3 aromatic heterocycles. The number of halogens is 2. The summed E-state index contributed by atoms with van der Waals surface area (Å²) in [5, 5.41) is 12.1. The van der Waals surface area contributed by atoms with Crippen LogP contribution in [0.1, 0.15) is 11.4 Å². The molecule has 1 aromatic carbocycles. The van der Waals surface area contributed by atoms with Gasteiger partial charge in [-0.2, -0.15) is 5.10 Å². The highest BCUT2D eigenvalue weighted by atomic mass is 19.1. The number of fused-ring (bicyclic) bond motifs is 1. The van der Waals surface area contributed by atoms with Crippen LogP contribution in [-0.4, -0.2) is 29.6 Å². The van der Waals surface area contributed by atoms with Gasteiger partial charge in [0.15, 0.2) is 11.6 Å². The molecule has 2 N–H and O–H groups in total. The summed E-state index contributed by atoms with van der Waals surface area (Å²) < 4.78 is 29.8. The summed E-state index contributed by atoms with van der Waals surface area (Å²) in [5.41, 5.74) is 8.33. The number of hydrogen-bond acceptors (Lipinski definition) is 5. The van der Waals surface area contributed by atoms with Gasteiger partial charge in [0.25, 0.3) is 0 Å². The zero-order valence-corrected chi connectivity index (χ0v) is 13.0. The van der Waals surface area contributed by atoms with Gasteiger partial charge in [0.05, 0.1) is 11.9 Å². The lowest BCUT2D eigenvalue weighted by atomic mass is 10.2.